The first-order chi connectivity index (χ1) is 13.8. The van der Waals surface area contributed by atoms with Gasteiger partial charge in [-0.05, 0) is 60.5 Å². The lowest BCUT2D eigenvalue weighted by Gasteiger charge is -2.14. The molecule has 0 saturated heterocycles. The van der Waals surface area contributed by atoms with Crippen LogP contribution in [-0.4, -0.2) is 11.7 Å². The van der Waals surface area contributed by atoms with Crippen molar-refractivity contribution in [3.8, 4) is 23.7 Å². The number of rotatable bonds is 4. The van der Waals surface area contributed by atoms with Crippen molar-refractivity contribution >= 4 is 34.4 Å². The Morgan fingerprint density at radius 3 is 2.11 bits per heavy atom. The molecule has 0 radical (unpaired) electrons. The monoisotopic (exact) mass is 381 g/mol. The Kier molecular flexibility index (Phi) is 7.09. The van der Waals surface area contributed by atoms with Crippen molar-refractivity contribution in [2.75, 3.05) is 22.5 Å². The van der Waals surface area contributed by atoms with Crippen molar-refractivity contribution in [3.63, 3.8) is 0 Å². The molecule has 0 atom stereocenters. The van der Waals surface area contributed by atoms with Gasteiger partial charge in [-0.2, -0.15) is 0 Å². The lowest BCUT2D eigenvalue weighted by Crippen LogP contribution is -2.19. The molecule has 0 unspecified atom stereocenters. The molecule has 0 aromatic heterocycles. The summed E-state index contributed by atoms with van der Waals surface area (Å²) in [5.41, 5.74) is 3.70. The molecule has 0 heterocycles. The van der Waals surface area contributed by atoms with E-state index in [4.69, 9.17) is 12.2 Å². The summed E-state index contributed by atoms with van der Waals surface area (Å²) in [6.45, 7) is 0.487. The van der Waals surface area contributed by atoms with Gasteiger partial charge < -0.3 is 16.0 Å². The van der Waals surface area contributed by atoms with E-state index < -0.39 is 0 Å². The number of para-hydroxylation sites is 3. The minimum atomic E-state index is 0.487. The SMILES string of the molecule is S=C(Nc1ccccc1)Nc1ccccc1NCC#CC#Cc1ccccc1. The van der Waals surface area contributed by atoms with Crippen LogP contribution in [0.4, 0.5) is 17.1 Å². The Balaban J connectivity index is 1.55. The Labute approximate surface area is 171 Å². The van der Waals surface area contributed by atoms with Crippen LogP contribution in [0.25, 0.3) is 0 Å². The zero-order chi connectivity index (χ0) is 19.4. The van der Waals surface area contributed by atoms with Crippen molar-refractivity contribution in [3.05, 3.63) is 90.5 Å². The minimum Gasteiger partial charge on any atom is -0.372 e. The van der Waals surface area contributed by atoms with Gasteiger partial charge in [0.25, 0.3) is 0 Å². The Hall–Kier alpha value is -3.73. The van der Waals surface area contributed by atoms with E-state index >= 15 is 0 Å². The number of nitrogens with one attached hydrogen (secondary N) is 3. The summed E-state index contributed by atoms with van der Waals surface area (Å²) in [4.78, 5) is 0. The Morgan fingerprint density at radius 2 is 1.36 bits per heavy atom. The second kappa shape index (κ2) is 10.4. The van der Waals surface area contributed by atoms with Gasteiger partial charge in [-0.25, -0.2) is 0 Å². The lowest BCUT2D eigenvalue weighted by molar-refractivity contribution is 1.38. The smallest absolute Gasteiger partial charge is 0.175 e. The third-order valence-corrected chi connectivity index (χ3v) is 3.91. The summed E-state index contributed by atoms with van der Waals surface area (Å²) in [5, 5.41) is 10.2. The molecule has 3 aromatic carbocycles. The molecule has 3 nitrogen and oxygen atoms in total. The van der Waals surface area contributed by atoms with Crippen LogP contribution in [0.1, 0.15) is 5.56 Å². The summed E-state index contributed by atoms with van der Waals surface area (Å²) in [6.07, 6.45) is 0. The van der Waals surface area contributed by atoms with E-state index in [0.717, 1.165) is 22.6 Å². The number of anilines is 3. The van der Waals surface area contributed by atoms with E-state index in [0.29, 0.717) is 11.7 Å². The largest absolute Gasteiger partial charge is 0.372 e. The fourth-order valence-electron chi connectivity index (χ4n) is 2.41. The van der Waals surface area contributed by atoms with Gasteiger partial charge in [0.15, 0.2) is 5.11 Å². The van der Waals surface area contributed by atoms with Gasteiger partial charge in [0.05, 0.1) is 17.9 Å². The molecule has 0 fully saturated rings. The highest BCUT2D eigenvalue weighted by atomic mass is 32.1. The quantitative estimate of drug-likeness (QED) is 0.441. The first-order valence-electron chi connectivity index (χ1n) is 8.81. The maximum absolute atomic E-state index is 5.40. The predicted octanol–water partition coefficient (Wildman–Crippen LogP) is 4.96. The summed E-state index contributed by atoms with van der Waals surface area (Å²) in [7, 11) is 0. The highest BCUT2D eigenvalue weighted by Gasteiger charge is 2.03. The predicted molar refractivity (Wildman–Crippen MR) is 122 cm³/mol. The fourth-order valence-corrected chi connectivity index (χ4v) is 2.63. The zero-order valence-corrected chi connectivity index (χ0v) is 16.0. The van der Waals surface area contributed by atoms with E-state index in [2.05, 4.69) is 39.6 Å². The van der Waals surface area contributed by atoms with Crippen LogP contribution >= 0.6 is 12.2 Å². The van der Waals surface area contributed by atoms with Crippen molar-refractivity contribution in [2.45, 2.75) is 0 Å². The lowest BCUT2D eigenvalue weighted by atomic mass is 10.2. The molecule has 0 bridgehead atoms. The van der Waals surface area contributed by atoms with E-state index in [9.17, 15) is 0 Å². The van der Waals surface area contributed by atoms with Crippen LogP contribution in [0.15, 0.2) is 84.9 Å². The summed E-state index contributed by atoms with van der Waals surface area (Å²) < 4.78 is 0. The molecule has 0 amide bonds. The Morgan fingerprint density at radius 1 is 0.714 bits per heavy atom. The van der Waals surface area contributed by atoms with Crippen LogP contribution < -0.4 is 16.0 Å². The van der Waals surface area contributed by atoms with Crippen molar-refractivity contribution < 1.29 is 0 Å². The molecule has 4 heteroatoms. The molecule has 28 heavy (non-hydrogen) atoms. The normalized spacial score (nSPS) is 9.14. The minimum absolute atomic E-state index is 0.487. The molecule has 0 aliphatic carbocycles. The zero-order valence-electron chi connectivity index (χ0n) is 15.2. The van der Waals surface area contributed by atoms with Gasteiger partial charge in [-0.1, -0.05) is 60.4 Å². The van der Waals surface area contributed by atoms with Gasteiger partial charge in [0.2, 0.25) is 0 Å². The average Bonchev–Trinajstić information content (AvgIpc) is 2.73. The molecule has 0 saturated carbocycles. The second-order valence-corrected chi connectivity index (χ2v) is 6.17. The van der Waals surface area contributed by atoms with Gasteiger partial charge in [-0.15, -0.1) is 0 Å². The highest BCUT2D eigenvalue weighted by molar-refractivity contribution is 7.80. The molecular weight excluding hydrogens is 362 g/mol. The number of hydrogen-bond acceptors (Lipinski definition) is 2. The van der Waals surface area contributed by atoms with Crippen molar-refractivity contribution in [1.82, 2.24) is 0 Å². The van der Waals surface area contributed by atoms with Crippen molar-refractivity contribution in [2.24, 2.45) is 0 Å². The highest BCUT2D eigenvalue weighted by Crippen LogP contribution is 2.21. The summed E-state index contributed by atoms with van der Waals surface area (Å²) in [5.74, 6) is 11.8. The molecular formula is C24H19N3S. The standard InChI is InChI=1S/C24H19N3S/c28-24(26-21-15-7-2-8-16-21)27-23-18-10-9-17-22(23)25-19-11-3-6-14-20-12-4-1-5-13-20/h1-2,4-5,7-10,12-13,15-18,25H,19H2,(H2,26,27,28). The number of hydrogen-bond donors (Lipinski definition) is 3. The molecule has 3 rings (SSSR count). The van der Waals surface area contributed by atoms with Gasteiger partial charge >= 0.3 is 0 Å². The van der Waals surface area contributed by atoms with E-state index in [1.165, 1.54) is 0 Å². The third-order valence-electron chi connectivity index (χ3n) is 3.71. The maximum atomic E-state index is 5.40. The first-order valence-corrected chi connectivity index (χ1v) is 9.22. The van der Waals surface area contributed by atoms with Crippen LogP contribution in [0.5, 0.6) is 0 Å². The molecule has 136 valence electrons. The van der Waals surface area contributed by atoms with Crippen molar-refractivity contribution in [1.29, 1.82) is 0 Å². The maximum Gasteiger partial charge on any atom is 0.175 e. The third kappa shape index (κ3) is 6.21. The molecule has 3 aromatic rings. The van der Waals surface area contributed by atoms with E-state index in [1.807, 2.05) is 84.9 Å². The van der Waals surface area contributed by atoms with Crippen LogP contribution in [0, 0.1) is 23.7 Å². The van der Waals surface area contributed by atoms with Gasteiger partial charge in [0.1, 0.15) is 0 Å². The summed E-state index contributed by atoms with van der Waals surface area (Å²) >= 11 is 5.40. The molecule has 0 spiro atoms. The van der Waals surface area contributed by atoms with Crippen LogP contribution in [0.3, 0.4) is 0 Å². The average molecular weight is 382 g/mol. The molecule has 3 N–H and O–H groups in total. The Bertz CT molecular complexity index is 1040. The first kappa shape index (κ1) is 19.0. The molecule has 0 aliphatic rings. The van der Waals surface area contributed by atoms with E-state index in [-0.39, 0.29) is 0 Å². The summed E-state index contributed by atoms with van der Waals surface area (Å²) in [6, 6.07) is 27.5. The number of thiocarbonyl (C=S) groups is 1. The topological polar surface area (TPSA) is 36.1 Å². The van der Waals surface area contributed by atoms with Crippen LogP contribution in [0.2, 0.25) is 0 Å². The van der Waals surface area contributed by atoms with Gasteiger partial charge in [-0.3, -0.25) is 0 Å². The van der Waals surface area contributed by atoms with Gasteiger partial charge in [0, 0.05) is 11.3 Å². The molecule has 0 aliphatic heterocycles. The van der Waals surface area contributed by atoms with E-state index in [1.54, 1.807) is 0 Å². The number of benzene rings is 3. The second-order valence-electron chi connectivity index (χ2n) is 5.76. The fraction of sp³-hybridized carbons (Fsp3) is 0.0417. The van der Waals surface area contributed by atoms with Crippen LogP contribution in [-0.2, 0) is 0 Å².